The number of anilines is 1. The summed E-state index contributed by atoms with van der Waals surface area (Å²) < 4.78 is 5.58. The smallest absolute Gasteiger partial charge is 0.265 e. The van der Waals surface area contributed by atoms with Gasteiger partial charge in [-0.1, -0.05) is 13.0 Å². The third-order valence-corrected chi connectivity index (χ3v) is 2.72. The zero-order valence-electron chi connectivity index (χ0n) is 9.49. The Morgan fingerprint density at radius 1 is 1.56 bits per heavy atom. The van der Waals surface area contributed by atoms with Crippen molar-refractivity contribution in [1.82, 2.24) is 0 Å². The largest absolute Gasteiger partial charge is 0.478 e. The molecule has 0 aliphatic carbocycles. The molecule has 0 aromatic heterocycles. The third kappa shape index (κ3) is 1.88. The van der Waals surface area contributed by atoms with Gasteiger partial charge in [0.2, 0.25) is 0 Å². The van der Waals surface area contributed by atoms with E-state index >= 15 is 0 Å². The minimum atomic E-state index is -0.381. The molecule has 2 rings (SSSR count). The van der Waals surface area contributed by atoms with Gasteiger partial charge in [-0.15, -0.1) is 0 Å². The van der Waals surface area contributed by atoms with Crippen LogP contribution in [0.4, 0.5) is 5.69 Å². The van der Waals surface area contributed by atoms with Crippen LogP contribution in [0.3, 0.4) is 0 Å². The molecule has 0 bridgehead atoms. The van der Waals surface area contributed by atoms with Gasteiger partial charge in [-0.05, 0) is 31.0 Å². The van der Waals surface area contributed by atoms with Crippen LogP contribution in [0, 0.1) is 0 Å². The molecule has 1 aromatic rings. The maximum atomic E-state index is 11.6. The maximum absolute atomic E-state index is 11.6. The van der Waals surface area contributed by atoms with Crippen molar-refractivity contribution in [2.45, 2.75) is 32.4 Å². The normalized spacial score (nSPS) is 20.7. The molecule has 2 atom stereocenters. The van der Waals surface area contributed by atoms with Crippen molar-refractivity contribution in [3.8, 4) is 5.75 Å². The number of nitrogens with two attached hydrogens (primary N) is 1. The standard InChI is InChI=1S/C12H16N2O2/c1-3-10-12(15)14-9-6-8(7(2)13)4-5-11(9)16-10/h4-7,10H,3,13H2,1-2H3,(H,14,15). The number of hydrogen-bond acceptors (Lipinski definition) is 3. The average Bonchev–Trinajstić information content (AvgIpc) is 2.27. The Kier molecular flexibility index (Phi) is 2.83. The number of fused-ring (bicyclic) bond motifs is 1. The van der Waals surface area contributed by atoms with Crippen LogP contribution in [0.15, 0.2) is 18.2 Å². The highest BCUT2D eigenvalue weighted by Gasteiger charge is 2.26. The summed E-state index contributed by atoms with van der Waals surface area (Å²) in [4.78, 5) is 11.6. The molecule has 2 unspecified atom stereocenters. The van der Waals surface area contributed by atoms with Crippen molar-refractivity contribution in [3.63, 3.8) is 0 Å². The lowest BCUT2D eigenvalue weighted by Crippen LogP contribution is -2.36. The molecule has 4 nitrogen and oxygen atoms in total. The lowest BCUT2D eigenvalue weighted by molar-refractivity contribution is -0.123. The fraction of sp³-hybridized carbons (Fsp3) is 0.417. The van der Waals surface area contributed by atoms with Crippen LogP contribution in [-0.4, -0.2) is 12.0 Å². The van der Waals surface area contributed by atoms with Gasteiger partial charge >= 0.3 is 0 Å². The molecule has 1 aromatic carbocycles. The molecule has 1 heterocycles. The predicted octanol–water partition coefficient (Wildman–Crippen LogP) is 1.82. The number of rotatable bonds is 2. The van der Waals surface area contributed by atoms with Gasteiger partial charge in [0.15, 0.2) is 6.10 Å². The van der Waals surface area contributed by atoms with Gasteiger partial charge in [-0.25, -0.2) is 0 Å². The summed E-state index contributed by atoms with van der Waals surface area (Å²) in [6, 6.07) is 5.60. The molecule has 0 saturated carbocycles. The predicted molar refractivity (Wildman–Crippen MR) is 62.4 cm³/mol. The summed E-state index contributed by atoms with van der Waals surface area (Å²) in [6.07, 6.45) is 0.286. The molecule has 4 heteroatoms. The second kappa shape index (κ2) is 4.14. The summed E-state index contributed by atoms with van der Waals surface area (Å²) in [5.41, 5.74) is 7.48. The van der Waals surface area contributed by atoms with Crippen molar-refractivity contribution >= 4 is 11.6 Å². The number of amides is 1. The number of ether oxygens (including phenoxy) is 1. The van der Waals surface area contributed by atoms with Crippen molar-refractivity contribution in [2.24, 2.45) is 5.73 Å². The molecule has 3 N–H and O–H groups in total. The quantitative estimate of drug-likeness (QED) is 0.799. The SMILES string of the molecule is CCC1Oc2ccc(C(C)N)cc2NC1=O. The van der Waals surface area contributed by atoms with E-state index in [0.29, 0.717) is 12.1 Å². The van der Waals surface area contributed by atoms with E-state index in [1.54, 1.807) is 0 Å². The second-order valence-electron chi connectivity index (χ2n) is 4.05. The van der Waals surface area contributed by atoms with Gasteiger partial charge in [-0.2, -0.15) is 0 Å². The van der Waals surface area contributed by atoms with Gasteiger partial charge in [0.05, 0.1) is 5.69 Å². The highest BCUT2D eigenvalue weighted by Crippen LogP contribution is 2.32. The molecule has 1 amide bonds. The average molecular weight is 220 g/mol. The van der Waals surface area contributed by atoms with E-state index < -0.39 is 0 Å². The Morgan fingerprint density at radius 3 is 2.94 bits per heavy atom. The summed E-state index contributed by atoms with van der Waals surface area (Å²) >= 11 is 0. The molecule has 1 aliphatic rings. The number of carbonyl (C=O) groups excluding carboxylic acids is 1. The lowest BCUT2D eigenvalue weighted by Gasteiger charge is -2.25. The lowest BCUT2D eigenvalue weighted by atomic mass is 10.1. The first-order chi connectivity index (χ1) is 7.61. The van der Waals surface area contributed by atoms with E-state index in [1.165, 1.54) is 0 Å². The fourth-order valence-corrected chi connectivity index (χ4v) is 1.72. The Balaban J connectivity index is 2.32. The Labute approximate surface area is 94.8 Å². The zero-order chi connectivity index (χ0) is 11.7. The first-order valence-electron chi connectivity index (χ1n) is 5.49. The molecule has 1 aliphatic heterocycles. The highest BCUT2D eigenvalue weighted by atomic mass is 16.5. The Hall–Kier alpha value is -1.55. The van der Waals surface area contributed by atoms with E-state index in [0.717, 1.165) is 11.3 Å². The third-order valence-electron chi connectivity index (χ3n) is 2.72. The molecule has 0 fully saturated rings. The van der Waals surface area contributed by atoms with Gasteiger partial charge in [-0.3, -0.25) is 4.79 Å². The maximum Gasteiger partial charge on any atom is 0.265 e. The van der Waals surface area contributed by atoms with Crippen LogP contribution in [0.1, 0.15) is 31.9 Å². The van der Waals surface area contributed by atoms with Gasteiger partial charge in [0.25, 0.3) is 5.91 Å². The van der Waals surface area contributed by atoms with E-state index in [1.807, 2.05) is 32.0 Å². The van der Waals surface area contributed by atoms with Crippen molar-refractivity contribution in [3.05, 3.63) is 23.8 Å². The number of carbonyl (C=O) groups is 1. The number of hydrogen-bond donors (Lipinski definition) is 2. The number of benzene rings is 1. The minimum Gasteiger partial charge on any atom is -0.478 e. The van der Waals surface area contributed by atoms with Gasteiger partial charge in [0.1, 0.15) is 5.75 Å². The fourth-order valence-electron chi connectivity index (χ4n) is 1.72. The van der Waals surface area contributed by atoms with Crippen molar-refractivity contribution in [2.75, 3.05) is 5.32 Å². The van der Waals surface area contributed by atoms with Crippen molar-refractivity contribution < 1.29 is 9.53 Å². The van der Waals surface area contributed by atoms with Crippen LogP contribution in [-0.2, 0) is 4.79 Å². The molecule has 0 radical (unpaired) electrons. The van der Waals surface area contributed by atoms with E-state index in [9.17, 15) is 4.79 Å². The molecule has 16 heavy (non-hydrogen) atoms. The highest BCUT2D eigenvalue weighted by molar-refractivity contribution is 5.97. The van der Waals surface area contributed by atoms with E-state index in [4.69, 9.17) is 10.5 Å². The molecular formula is C12H16N2O2. The Morgan fingerprint density at radius 2 is 2.31 bits per heavy atom. The summed E-state index contributed by atoms with van der Waals surface area (Å²) in [6.45, 7) is 3.83. The first kappa shape index (κ1) is 11.0. The summed E-state index contributed by atoms with van der Waals surface area (Å²) in [7, 11) is 0. The first-order valence-corrected chi connectivity index (χ1v) is 5.49. The zero-order valence-corrected chi connectivity index (χ0v) is 9.49. The molecular weight excluding hydrogens is 204 g/mol. The van der Waals surface area contributed by atoms with E-state index in [2.05, 4.69) is 5.32 Å². The van der Waals surface area contributed by atoms with Crippen LogP contribution in [0.25, 0.3) is 0 Å². The Bertz CT molecular complexity index is 415. The molecule has 0 spiro atoms. The monoisotopic (exact) mass is 220 g/mol. The van der Waals surface area contributed by atoms with Crippen LogP contribution in [0.5, 0.6) is 5.75 Å². The molecule has 86 valence electrons. The topological polar surface area (TPSA) is 64.3 Å². The van der Waals surface area contributed by atoms with Crippen LogP contribution < -0.4 is 15.8 Å². The van der Waals surface area contributed by atoms with E-state index in [-0.39, 0.29) is 18.1 Å². The van der Waals surface area contributed by atoms with Crippen molar-refractivity contribution in [1.29, 1.82) is 0 Å². The van der Waals surface area contributed by atoms with Gasteiger partial charge < -0.3 is 15.8 Å². The second-order valence-corrected chi connectivity index (χ2v) is 4.05. The van der Waals surface area contributed by atoms with Gasteiger partial charge in [0, 0.05) is 6.04 Å². The van der Waals surface area contributed by atoms with Crippen LogP contribution in [0.2, 0.25) is 0 Å². The molecule has 0 saturated heterocycles. The van der Waals surface area contributed by atoms with Crippen LogP contribution >= 0.6 is 0 Å². The minimum absolute atomic E-state index is 0.0499. The summed E-state index contributed by atoms with van der Waals surface area (Å²) in [5, 5.41) is 2.84. The number of nitrogens with one attached hydrogen (secondary N) is 1. The summed E-state index contributed by atoms with van der Waals surface area (Å²) in [5.74, 6) is 0.632.